The summed E-state index contributed by atoms with van der Waals surface area (Å²) in [5, 5.41) is 12.6. The van der Waals surface area contributed by atoms with Gasteiger partial charge in [0.15, 0.2) is 0 Å². The van der Waals surface area contributed by atoms with Crippen molar-refractivity contribution >= 4 is 34.5 Å². The Morgan fingerprint density at radius 1 is 0.973 bits per heavy atom. The molecule has 0 unspecified atom stereocenters. The number of halogens is 2. The van der Waals surface area contributed by atoms with E-state index in [2.05, 4.69) is 5.32 Å². The molecular formula is C29H27ClFN3O3. The summed E-state index contributed by atoms with van der Waals surface area (Å²) in [4.78, 5) is 33.7. The average molecular weight is 520 g/mol. The molecule has 6 nitrogen and oxygen atoms in total. The SMILES string of the molecule is CC[C@@H](NC(=O)c1ccc2nc(-c3ccc(Cl)cc3)c(CCCCC(=O)O)nc2c1)c1ccc(F)cc1. The van der Waals surface area contributed by atoms with Gasteiger partial charge in [0.25, 0.3) is 5.91 Å². The van der Waals surface area contributed by atoms with Crippen LogP contribution in [0.5, 0.6) is 0 Å². The fraction of sp³-hybridized carbons (Fsp3) is 0.241. The molecule has 3 aromatic carbocycles. The zero-order valence-electron chi connectivity index (χ0n) is 20.4. The van der Waals surface area contributed by atoms with Crippen LogP contribution in [0, 0.1) is 5.82 Å². The number of nitrogens with one attached hydrogen (secondary N) is 1. The minimum atomic E-state index is -0.829. The molecule has 1 amide bonds. The van der Waals surface area contributed by atoms with Crippen molar-refractivity contribution in [1.29, 1.82) is 0 Å². The number of carboxylic acid groups (broad SMARTS) is 1. The summed E-state index contributed by atoms with van der Waals surface area (Å²) < 4.78 is 13.3. The first-order valence-electron chi connectivity index (χ1n) is 12.2. The monoisotopic (exact) mass is 519 g/mol. The highest BCUT2D eigenvalue weighted by atomic mass is 35.5. The number of carbonyl (C=O) groups excluding carboxylic acids is 1. The van der Waals surface area contributed by atoms with Crippen molar-refractivity contribution in [2.24, 2.45) is 0 Å². The number of hydrogen-bond donors (Lipinski definition) is 2. The molecule has 190 valence electrons. The van der Waals surface area contributed by atoms with Crippen LogP contribution in [0.15, 0.2) is 66.7 Å². The molecule has 0 radical (unpaired) electrons. The number of unbranched alkanes of at least 4 members (excludes halogenated alkanes) is 1. The lowest BCUT2D eigenvalue weighted by molar-refractivity contribution is -0.137. The van der Waals surface area contributed by atoms with Gasteiger partial charge in [0, 0.05) is 22.6 Å². The number of hydrogen-bond acceptors (Lipinski definition) is 4. The number of carbonyl (C=O) groups is 2. The third-order valence-electron chi connectivity index (χ3n) is 6.16. The quantitative estimate of drug-likeness (QED) is 0.226. The third-order valence-corrected chi connectivity index (χ3v) is 6.41. The van der Waals surface area contributed by atoms with Crippen molar-refractivity contribution in [2.75, 3.05) is 0 Å². The van der Waals surface area contributed by atoms with Crippen molar-refractivity contribution in [3.05, 3.63) is 94.4 Å². The second-order valence-corrected chi connectivity index (χ2v) is 9.25. The molecule has 37 heavy (non-hydrogen) atoms. The van der Waals surface area contributed by atoms with Gasteiger partial charge in [-0.25, -0.2) is 14.4 Å². The first kappa shape index (κ1) is 26.2. The Bertz CT molecular complexity index is 1410. The largest absolute Gasteiger partial charge is 0.481 e. The molecule has 4 rings (SSSR count). The number of aliphatic carboxylic acids is 1. The Hall–Kier alpha value is -3.84. The molecule has 0 spiro atoms. The molecule has 8 heteroatoms. The lowest BCUT2D eigenvalue weighted by Gasteiger charge is -2.18. The first-order chi connectivity index (χ1) is 17.8. The zero-order chi connectivity index (χ0) is 26.4. The number of amides is 1. The summed E-state index contributed by atoms with van der Waals surface area (Å²) in [5.41, 5.74) is 4.79. The Labute approximate surface area is 219 Å². The first-order valence-corrected chi connectivity index (χ1v) is 12.6. The lowest BCUT2D eigenvalue weighted by atomic mass is 10.0. The molecule has 1 aromatic heterocycles. The Kier molecular flexibility index (Phi) is 8.46. The van der Waals surface area contributed by atoms with Crippen LogP contribution in [0.25, 0.3) is 22.3 Å². The number of aryl methyl sites for hydroxylation is 1. The van der Waals surface area contributed by atoms with Crippen LogP contribution in [-0.2, 0) is 11.2 Å². The molecule has 2 N–H and O–H groups in total. The van der Waals surface area contributed by atoms with Gasteiger partial charge in [-0.2, -0.15) is 0 Å². The number of benzene rings is 3. The minimum absolute atomic E-state index is 0.0915. The van der Waals surface area contributed by atoms with Gasteiger partial charge in [-0.15, -0.1) is 0 Å². The van der Waals surface area contributed by atoms with E-state index in [1.165, 1.54) is 12.1 Å². The second-order valence-electron chi connectivity index (χ2n) is 8.82. The van der Waals surface area contributed by atoms with Crippen molar-refractivity contribution in [3.8, 4) is 11.3 Å². The molecule has 0 saturated heterocycles. The lowest BCUT2D eigenvalue weighted by Crippen LogP contribution is -2.28. The Morgan fingerprint density at radius 2 is 1.70 bits per heavy atom. The topological polar surface area (TPSA) is 92.2 Å². The Morgan fingerprint density at radius 3 is 2.38 bits per heavy atom. The highest BCUT2D eigenvalue weighted by Gasteiger charge is 2.17. The van der Waals surface area contributed by atoms with E-state index in [0.29, 0.717) is 53.0 Å². The third kappa shape index (κ3) is 6.68. The maximum absolute atomic E-state index is 13.3. The standard InChI is InChI=1S/C29H27ClFN3O3/c1-2-23(18-9-14-22(31)15-10-18)34-29(37)20-11-16-24-26(17-20)32-25(5-3-4-6-27(35)36)28(33-24)19-7-12-21(30)13-8-19/h7-17,23H,2-6H2,1H3,(H,34,37)(H,35,36)/t23-/m1/s1. The maximum Gasteiger partial charge on any atom is 0.303 e. The zero-order valence-corrected chi connectivity index (χ0v) is 21.1. The summed E-state index contributed by atoms with van der Waals surface area (Å²) in [6, 6.07) is 18.4. The number of carboxylic acids is 1. The Balaban J connectivity index is 1.63. The number of aromatic nitrogens is 2. The number of nitrogens with zero attached hydrogens (tertiary/aromatic N) is 2. The van der Waals surface area contributed by atoms with Crippen LogP contribution in [0.3, 0.4) is 0 Å². The molecule has 1 atom stereocenters. The van der Waals surface area contributed by atoms with Crippen LogP contribution in [0.2, 0.25) is 5.02 Å². The molecule has 0 bridgehead atoms. The molecule has 0 aliphatic carbocycles. The van der Waals surface area contributed by atoms with E-state index in [-0.39, 0.29) is 24.2 Å². The van der Waals surface area contributed by atoms with Gasteiger partial charge in [-0.1, -0.05) is 42.8 Å². The second kappa shape index (κ2) is 11.9. The molecule has 0 aliphatic rings. The predicted octanol–water partition coefficient (Wildman–Crippen LogP) is 6.77. The van der Waals surface area contributed by atoms with Crippen LogP contribution in [-0.4, -0.2) is 27.0 Å². The van der Waals surface area contributed by atoms with E-state index < -0.39 is 5.97 Å². The number of fused-ring (bicyclic) bond motifs is 1. The fourth-order valence-corrected chi connectivity index (χ4v) is 4.30. The number of rotatable bonds is 10. The summed E-state index contributed by atoms with van der Waals surface area (Å²) in [6.45, 7) is 1.95. The van der Waals surface area contributed by atoms with E-state index >= 15 is 0 Å². The predicted molar refractivity (Wildman–Crippen MR) is 142 cm³/mol. The van der Waals surface area contributed by atoms with Gasteiger partial charge in [-0.05, 0) is 73.7 Å². The van der Waals surface area contributed by atoms with Crippen molar-refractivity contribution in [1.82, 2.24) is 15.3 Å². The van der Waals surface area contributed by atoms with E-state index in [9.17, 15) is 14.0 Å². The van der Waals surface area contributed by atoms with Crippen molar-refractivity contribution in [2.45, 2.75) is 45.1 Å². The van der Waals surface area contributed by atoms with Crippen LogP contribution in [0.1, 0.15) is 60.3 Å². The maximum atomic E-state index is 13.3. The minimum Gasteiger partial charge on any atom is -0.481 e. The van der Waals surface area contributed by atoms with E-state index in [1.54, 1.807) is 42.5 Å². The molecule has 0 fully saturated rings. The average Bonchev–Trinajstić information content (AvgIpc) is 2.89. The summed E-state index contributed by atoms with van der Waals surface area (Å²) in [6.07, 6.45) is 2.46. The van der Waals surface area contributed by atoms with E-state index in [1.807, 2.05) is 19.1 Å². The fourth-order valence-electron chi connectivity index (χ4n) is 4.17. The van der Waals surface area contributed by atoms with Gasteiger partial charge >= 0.3 is 5.97 Å². The van der Waals surface area contributed by atoms with Crippen LogP contribution >= 0.6 is 11.6 Å². The highest BCUT2D eigenvalue weighted by molar-refractivity contribution is 6.30. The molecule has 0 saturated carbocycles. The van der Waals surface area contributed by atoms with Crippen LogP contribution < -0.4 is 5.32 Å². The van der Waals surface area contributed by atoms with Gasteiger partial charge in [0.05, 0.1) is 28.5 Å². The van der Waals surface area contributed by atoms with Crippen LogP contribution in [0.4, 0.5) is 4.39 Å². The molecule has 4 aromatic rings. The van der Waals surface area contributed by atoms with Gasteiger partial charge in [-0.3, -0.25) is 9.59 Å². The normalized spacial score (nSPS) is 11.9. The van der Waals surface area contributed by atoms with Crippen molar-refractivity contribution < 1.29 is 19.1 Å². The van der Waals surface area contributed by atoms with E-state index in [0.717, 1.165) is 16.8 Å². The van der Waals surface area contributed by atoms with Gasteiger partial charge < -0.3 is 10.4 Å². The summed E-state index contributed by atoms with van der Waals surface area (Å²) in [7, 11) is 0. The van der Waals surface area contributed by atoms with Gasteiger partial charge in [0.1, 0.15) is 5.82 Å². The van der Waals surface area contributed by atoms with Gasteiger partial charge in [0.2, 0.25) is 0 Å². The van der Waals surface area contributed by atoms with E-state index in [4.69, 9.17) is 26.7 Å². The molecule has 0 aliphatic heterocycles. The molecular weight excluding hydrogens is 493 g/mol. The molecule has 1 heterocycles. The summed E-state index contributed by atoms with van der Waals surface area (Å²) >= 11 is 6.06. The summed E-state index contributed by atoms with van der Waals surface area (Å²) in [5.74, 6) is -1.41. The van der Waals surface area contributed by atoms with Crippen molar-refractivity contribution in [3.63, 3.8) is 0 Å². The highest BCUT2D eigenvalue weighted by Crippen LogP contribution is 2.27. The smallest absolute Gasteiger partial charge is 0.303 e.